The Kier molecular flexibility index (Phi) is 4.00. The second-order valence-corrected chi connectivity index (χ2v) is 4.78. The zero-order valence-corrected chi connectivity index (χ0v) is 12.1. The number of hydrogen-bond donors (Lipinski definition) is 1. The molecule has 2 aromatic heterocycles. The third-order valence-electron chi connectivity index (χ3n) is 3.20. The number of amides is 1. The minimum absolute atomic E-state index is 0.0570. The number of anilines is 1. The van der Waals surface area contributed by atoms with E-state index in [1.165, 1.54) is 11.8 Å². The van der Waals surface area contributed by atoms with Crippen molar-refractivity contribution in [1.29, 1.82) is 0 Å². The van der Waals surface area contributed by atoms with Crippen LogP contribution in [0.1, 0.15) is 18.1 Å². The van der Waals surface area contributed by atoms with Crippen LogP contribution in [0.5, 0.6) is 0 Å². The average molecular weight is 297 g/mol. The van der Waals surface area contributed by atoms with Crippen LogP contribution < -0.4 is 5.32 Å². The molecule has 2 heterocycles. The zero-order chi connectivity index (χ0) is 15.4. The highest BCUT2D eigenvalue weighted by Crippen LogP contribution is 2.19. The van der Waals surface area contributed by atoms with E-state index >= 15 is 0 Å². The molecule has 0 atom stereocenters. The maximum Gasteiger partial charge on any atom is 0.322 e. The molecule has 0 saturated carbocycles. The second-order valence-electron chi connectivity index (χ2n) is 4.78. The third kappa shape index (κ3) is 3.22. The number of furan rings is 1. The van der Waals surface area contributed by atoms with Gasteiger partial charge in [-0.05, 0) is 29.7 Å². The lowest BCUT2D eigenvalue weighted by Gasteiger charge is -2.02. The summed E-state index contributed by atoms with van der Waals surface area (Å²) in [4.78, 5) is 12.0. The molecule has 1 amide bonds. The number of nitrogens with one attached hydrogen (secondary N) is 1. The van der Waals surface area contributed by atoms with Crippen molar-refractivity contribution in [1.82, 2.24) is 10.2 Å². The molecule has 0 aliphatic heterocycles. The van der Waals surface area contributed by atoms with Crippen molar-refractivity contribution < 1.29 is 13.6 Å². The number of nitrogens with zero attached hydrogens (tertiary/aromatic N) is 2. The lowest BCUT2D eigenvalue weighted by molar-refractivity contribution is -0.115. The zero-order valence-electron chi connectivity index (χ0n) is 12.1. The summed E-state index contributed by atoms with van der Waals surface area (Å²) in [6.45, 7) is 2.09. The van der Waals surface area contributed by atoms with Gasteiger partial charge in [-0.2, -0.15) is 0 Å². The van der Waals surface area contributed by atoms with E-state index in [2.05, 4.69) is 22.4 Å². The van der Waals surface area contributed by atoms with Gasteiger partial charge in [0.2, 0.25) is 5.91 Å². The molecule has 0 bridgehead atoms. The molecule has 6 heteroatoms. The fourth-order valence-corrected chi connectivity index (χ4v) is 2.02. The standard InChI is InChI=1S/C16H15N3O3/c1-2-11-5-7-12(8-6-11)10-14(20)17-16-19-18-15(22-16)13-4-3-9-21-13/h3-9H,2,10H2,1H3,(H,17,19,20). The molecular weight excluding hydrogens is 282 g/mol. The first-order valence-electron chi connectivity index (χ1n) is 6.99. The van der Waals surface area contributed by atoms with Crippen LogP contribution in [0.4, 0.5) is 6.01 Å². The smallest absolute Gasteiger partial charge is 0.322 e. The monoisotopic (exact) mass is 297 g/mol. The Morgan fingerprint density at radius 3 is 2.59 bits per heavy atom. The van der Waals surface area contributed by atoms with E-state index in [0.29, 0.717) is 5.76 Å². The fraction of sp³-hybridized carbons (Fsp3) is 0.188. The predicted molar refractivity (Wildman–Crippen MR) is 80.2 cm³/mol. The number of hydrogen-bond acceptors (Lipinski definition) is 5. The Labute approximate surface area is 127 Å². The molecule has 0 unspecified atom stereocenters. The summed E-state index contributed by atoms with van der Waals surface area (Å²) < 4.78 is 10.5. The number of benzene rings is 1. The van der Waals surface area contributed by atoms with Gasteiger partial charge in [-0.15, -0.1) is 5.10 Å². The highest BCUT2D eigenvalue weighted by Gasteiger charge is 2.13. The van der Waals surface area contributed by atoms with Crippen LogP contribution in [-0.4, -0.2) is 16.1 Å². The molecule has 112 valence electrons. The van der Waals surface area contributed by atoms with E-state index in [9.17, 15) is 4.79 Å². The SMILES string of the molecule is CCc1ccc(CC(=O)Nc2nnc(-c3ccco3)o2)cc1. The van der Waals surface area contributed by atoms with Crippen LogP contribution in [-0.2, 0) is 17.6 Å². The number of aryl methyl sites for hydroxylation is 1. The molecule has 0 aliphatic rings. The second kappa shape index (κ2) is 6.26. The Balaban J connectivity index is 1.61. The molecule has 6 nitrogen and oxygen atoms in total. The predicted octanol–water partition coefficient (Wildman–Crippen LogP) is 3.07. The normalized spacial score (nSPS) is 10.6. The van der Waals surface area contributed by atoms with Gasteiger partial charge in [-0.1, -0.05) is 36.3 Å². The van der Waals surface area contributed by atoms with Crippen LogP contribution in [0.15, 0.2) is 51.5 Å². The summed E-state index contributed by atoms with van der Waals surface area (Å²) in [5, 5.41) is 10.2. The Hall–Kier alpha value is -2.89. The minimum atomic E-state index is -0.209. The number of carbonyl (C=O) groups excluding carboxylic acids is 1. The average Bonchev–Trinajstić information content (AvgIpc) is 3.19. The molecule has 0 radical (unpaired) electrons. The van der Waals surface area contributed by atoms with Gasteiger partial charge < -0.3 is 8.83 Å². The van der Waals surface area contributed by atoms with Crippen molar-refractivity contribution in [2.45, 2.75) is 19.8 Å². The van der Waals surface area contributed by atoms with E-state index in [0.717, 1.165) is 12.0 Å². The van der Waals surface area contributed by atoms with Crippen molar-refractivity contribution in [2.75, 3.05) is 5.32 Å². The molecule has 3 rings (SSSR count). The van der Waals surface area contributed by atoms with Crippen LogP contribution >= 0.6 is 0 Å². The highest BCUT2D eigenvalue weighted by atomic mass is 16.4. The fourth-order valence-electron chi connectivity index (χ4n) is 2.02. The van der Waals surface area contributed by atoms with Crippen LogP contribution in [0.2, 0.25) is 0 Å². The number of aromatic nitrogens is 2. The van der Waals surface area contributed by atoms with Crippen LogP contribution in [0, 0.1) is 0 Å². The molecule has 3 aromatic rings. The van der Waals surface area contributed by atoms with E-state index in [-0.39, 0.29) is 24.2 Å². The van der Waals surface area contributed by atoms with Gasteiger partial charge in [0.15, 0.2) is 5.76 Å². The number of rotatable bonds is 5. The first-order valence-corrected chi connectivity index (χ1v) is 6.99. The van der Waals surface area contributed by atoms with Crippen LogP contribution in [0.25, 0.3) is 11.7 Å². The molecule has 1 N–H and O–H groups in total. The van der Waals surface area contributed by atoms with Gasteiger partial charge in [0, 0.05) is 0 Å². The molecule has 0 aliphatic carbocycles. The molecular formula is C16H15N3O3. The summed E-state index contributed by atoms with van der Waals surface area (Å²) in [6, 6.07) is 11.4. The molecule has 0 saturated heterocycles. The molecule has 22 heavy (non-hydrogen) atoms. The van der Waals surface area contributed by atoms with Crippen molar-refractivity contribution >= 4 is 11.9 Å². The third-order valence-corrected chi connectivity index (χ3v) is 3.20. The maximum atomic E-state index is 12.0. The van der Waals surface area contributed by atoms with Crippen molar-refractivity contribution in [2.24, 2.45) is 0 Å². The summed E-state index contributed by atoms with van der Waals surface area (Å²) in [5.74, 6) is 0.481. The Morgan fingerprint density at radius 2 is 1.91 bits per heavy atom. The summed E-state index contributed by atoms with van der Waals surface area (Å²) in [6.07, 6.45) is 2.74. The van der Waals surface area contributed by atoms with Gasteiger partial charge in [0.05, 0.1) is 12.7 Å². The van der Waals surface area contributed by atoms with E-state index in [4.69, 9.17) is 8.83 Å². The maximum absolute atomic E-state index is 12.0. The summed E-state index contributed by atoms with van der Waals surface area (Å²) >= 11 is 0. The molecule has 0 spiro atoms. The first kappa shape index (κ1) is 14.1. The van der Waals surface area contributed by atoms with E-state index in [1.54, 1.807) is 12.1 Å². The van der Waals surface area contributed by atoms with Crippen molar-refractivity contribution in [3.63, 3.8) is 0 Å². The van der Waals surface area contributed by atoms with Crippen molar-refractivity contribution in [3.05, 3.63) is 53.8 Å². The van der Waals surface area contributed by atoms with Gasteiger partial charge >= 0.3 is 6.01 Å². The number of carbonyl (C=O) groups is 1. The Bertz CT molecular complexity index is 745. The minimum Gasteiger partial charge on any atom is -0.459 e. The van der Waals surface area contributed by atoms with Gasteiger partial charge in [-0.3, -0.25) is 10.1 Å². The van der Waals surface area contributed by atoms with Gasteiger partial charge in [0.25, 0.3) is 5.89 Å². The van der Waals surface area contributed by atoms with Gasteiger partial charge in [-0.25, -0.2) is 0 Å². The largest absolute Gasteiger partial charge is 0.459 e. The summed E-state index contributed by atoms with van der Waals surface area (Å²) in [7, 11) is 0. The quantitative estimate of drug-likeness (QED) is 0.782. The van der Waals surface area contributed by atoms with Crippen LogP contribution in [0.3, 0.4) is 0 Å². The first-order chi connectivity index (χ1) is 10.7. The molecule has 1 aromatic carbocycles. The van der Waals surface area contributed by atoms with Crippen molar-refractivity contribution in [3.8, 4) is 11.7 Å². The molecule has 0 fully saturated rings. The summed E-state index contributed by atoms with van der Waals surface area (Å²) in [5.41, 5.74) is 2.17. The Morgan fingerprint density at radius 1 is 1.14 bits per heavy atom. The highest BCUT2D eigenvalue weighted by molar-refractivity contribution is 5.90. The lowest BCUT2D eigenvalue weighted by Crippen LogP contribution is -2.14. The van der Waals surface area contributed by atoms with E-state index < -0.39 is 0 Å². The van der Waals surface area contributed by atoms with Gasteiger partial charge in [0.1, 0.15) is 0 Å². The van der Waals surface area contributed by atoms with E-state index in [1.807, 2.05) is 24.3 Å². The topological polar surface area (TPSA) is 81.2 Å². The lowest BCUT2D eigenvalue weighted by atomic mass is 10.1.